The van der Waals surface area contributed by atoms with Crippen LogP contribution in [0.2, 0.25) is 0 Å². The van der Waals surface area contributed by atoms with Crippen LogP contribution >= 0.6 is 0 Å². The third kappa shape index (κ3) is 2.76. The van der Waals surface area contributed by atoms with Gasteiger partial charge >= 0.3 is 6.18 Å². The van der Waals surface area contributed by atoms with Crippen LogP contribution in [-0.2, 0) is 0 Å². The summed E-state index contributed by atoms with van der Waals surface area (Å²) in [5.41, 5.74) is 7.31. The summed E-state index contributed by atoms with van der Waals surface area (Å²) in [4.78, 5) is 13.9. The molecule has 1 aliphatic rings. The number of halogens is 3. The molecule has 2 aromatic rings. The van der Waals surface area contributed by atoms with Crippen LogP contribution in [0.15, 0.2) is 24.7 Å². The minimum atomic E-state index is -4.25. The van der Waals surface area contributed by atoms with Crippen LogP contribution in [0.5, 0.6) is 0 Å². The van der Waals surface area contributed by atoms with Crippen molar-refractivity contribution >= 4 is 16.9 Å². The maximum absolute atomic E-state index is 13.0. The highest BCUT2D eigenvalue weighted by atomic mass is 19.4. The number of nitrogens with two attached hydrogens (primary N) is 1. The second-order valence-electron chi connectivity index (χ2n) is 5.20. The maximum atomic E-state index is 13.0. The monoisotopic (exact) mass is 297 g/mol. The summed E-state index contributed by atoms with van der Waals surface area (Å²) >= 11 is 0. The van der Waals surface area contributed by atoms with E-state index in [1.165, 1.54) is 18.6 Å². The molecule has 8 heteroatoms. The first kappa shape index (κ1) is 14.0. The zero-order valence-corrected chi connectivity index (χ0v) is 11.1. The molecule has 1 aliphatic heterocycles. The molecule has 3 heterocycles. The van der Waals surface area contributed by atoms with Crippen molar-refractivity contribution in [3.05, 3.63) is 24.7 Å². The number of hydrogen-bond donors (Lipinski definition) is 1. The summed E-state index contributed by atoms with van der Waals surface area (Å²) in [6.07, 6.45) is 0.229. The number of rotatable bonds is 1. The minimum Gasteiger partial charge on any atom is -0.367 e. The molecule has 2 N–H and O–H groups in total. The minimum absolute atomic E-state index is 0.0469. The number of aromatic nitrogens is 3. The van der Waals surface area contributed by atoms with Crippen LogP contribution in [-0.4, -0.2) is 40.3 Å². The molecule has 0 spiro atoms. The number of alkyl halides is 3. The van der Waals surface area contributed by atoms with Crippen molar-refractivity contribution in [3.63, 3.8) is 0 Å². The molecule has 0 aromatic carbocycles. The molecule has 2 aromatic heterocycles. The molecule has 0 radical (unpaired) electrons. The topological polar surface area (TPSA) is 67.9 Å². The van der Waals surface area contributed by atoms with Crippen LogP contribution in [0.25, 0.3) is 11.2 Å². The van der Waals surface area contributed by atoms with Crippen molar-refractivity contribution in [2.45, 2.75) is 18.6 Å². The van der Waals surface area contributed by atoms with Gasteiger partial charge in [0.25, 0.3) is 0 Å². The van der Waals surface area contributed by atoms with Gasteiger partial charge < -0.3 is 10.6 Å². The van der Waals surface area contributed by atoms with E-state index in [9.17, 15) is 13.2 Å². The number of pyridine rings is 1. The van der Waals surface area contributed by atoms with Gasteiger partial charge in [0.1, 0.15) is 5.52 Å². The number of piperidine rings is 1. The van der Waals surface area contributed by atoms with E-state index in [2.05, 4.69) is 15.0 Å². The van der Waals surface area contributed by atoms with Gasteiger partial charge in [-0.3, -0.25) is 0 Å². The molecule has 0 amide bonds. The zero-order valence-electron chi connectivity index (χ0n) is 11.1. The fourth-order valence-corrected chi connectivity index (χ4v) is 2.69. The van der Waals surface area contributed by atoms with Crippen molar-refractivity contribution in [1.29, 1.82) is 0 Å². The maximum Gasteiger partial charge on any atom is 0.393 e. The fraction of sp³-hybridized carbons (Fsp3) is 0.462. The molecule has 5 nitrogen and oxygen atoms in total. The fourth-order valence-electron chi connectivity index (χ4n) is 2.69. The van der Waals surface area contributed by atoms with Crippen LogP contribution in [0.1, 0.15) is 6.42 Å². The molecule has 1 fully saturated rings. The van der Waals surface area contributed by atoms with Crippen LogP contribution in [0.4, 0.5) is 18.9 Å². The van der Waals surface area contributed by atoms with E-state index in [0.717, 1.165) is 0 Å². The highest BCUT2D eigenvalue weighted by molar-refractivity contribution is 5.85. The van der Waals surface area contributed by atoms with Crippen LogP contribution < -0.4 is 10.6 Å². The Kier molecular flexibility index (Phi) is 3.40. The second-order valence-corrected chi connectivity index (χ2v) is 5.20. The highest BCUT2D eigenvalue weighted by Crippen LogP contribution is 2.35. The molecule has 0 unspecified atom stereocenters. The first-order valence-corrected chi connectivity index (χ1v) is 6.58. The van der Waals surface area contributed by atoms with Crippen molar-refractivity contribution in [2.24, 2.45) is 11.7 Å². The van der Waals surface area contributed by atoms with Gasteiger partial charge in [0.15, 0.2) is 5.65 Å². The predicted molar refractivity (Wildman–Crippen MR) is 71.7 cm³/mol. The summed E-state index contributed by atoms with van der Waals surface area (Å²) in [5, 5.41) is 0. The first-order valence-electron chi connectivity index (χ1n) is 6.58. The van der Waals surface area contributed by atoms with E-state index in [-0.39, 0.29) is 13.0 Å². The standard InChI is InChI=1S/C13H14F3N5/c14-13(15,16)8-5-9(17)7-21(6-8)10-1-2-19-12-11(10)18-3-4-20-12/h1-4,8-9H,5-7,17H2/t8-,9+/m0/s1. The Hall–Kier alpha value is -1.96. The summed E-state index contributed by atoms with van der Waals surface area (Å²) in [6.45, 7) is 0.245. The molecule has 3 rings (SSSR count). The molecular weight excluding hydrogens is 283 g/mol. The SMILES string of the molecule is N[C@@H]1C[C@H](C(F)(F)F)CN(c2ccnc3nccnc23)C1. The third-order valence-corrected chi connectivity index (χ3v) is 3.64. The molecule has 0 bridgehead atoms. The number of anilines is 1. The Morgan fingerprint density at radius 1 is 1.10 bits per heavy atom. The lowest BCUT2D eigenvalue weighted by Crippen LogP contribution is -2.51. The Bertz CT molecular complexity index is 640. The van der Waals surface area contributed by atoms with Gasteiger partial charge in [-0.1, -0.05) is 0 Å². The zero-order chi connectivity index (χ0) is 15.0. The van der Waals surface area contributed by atoms with Crippen molar-refractivity contribution in [1.82, 2.24) is 15.0 Å². The van der Waals surface area contributed by atoms with Crippen molar-refractivity contribution in [2.75, 3.05) is 18.0 Å². The molecule has 21 heavy (non-hydrogen) atoms. The molecule has 0 aliphatic carbocycles. The highest BCUT2D eigenvalue weighted by Gasteiger charge is 2.44. The van der Waals surface area contributed by atoms with E-state index in [1.807, 2.05) is 0 Å². The Morgan fingerprint density at radius 3 is 2.57 bits per heavy atom. The summed E-state index contributed by atoms with van der Waals surface area (Å²) in [5.74, 6) is -1.43. The van der Waals surface area contributed by atoms with Gasteiger partial charge in [0.2, 0.25) is 0 Å². The van der Waals surface area contributed by atoms with Gasteiger partial charge in [0, 0.05) is 37.7 Å². The third-order valence-electron chi connectivity index (χ3n) is 3.64. The Labute approximate surface area is 119 Å². The quantitative estimate of drug-likeness (QED) is 0.868. The average Bonchev–Trinajstić information content (AvgIpc) is 2.45. The number of hydrogen-bond acceptors (Lipinski definition) is 5. The molecule has 0 saturated carbocycles. The van der Waals surface area contributed by atoms with Gasteiger partial charge in [-0.15, -0.1) is 0 Å². The van der Waals surface area contributed by atoms with Gasteiger partial charge in [-0.2, -0.15) is 13.2 Å². The van der Waals surface area contributed by atoms with E-state index in [4.69, 9.17) is 5.73 Å². The molecule has 2 atom stereocenters. The molecule has 1 saturated heterocycles. The molecule has 112 valence electrons. The lowest BCUT2D eigenvalue weighted by Gasteiger charge is -2.38. The van der Waals surface area contributed by atoms with Gasteiger partial charge in [-0.25, -0.2) is 15.0 Å². The van der Waals surface area contributed by atoms with E-state index in [0.29, 0.717) is 23.4 Å². The average molecular weight is 297 g/mol. The summed E-state index contributed by atoms with van der Waals surface area (Å²) in [7, 11) is 0. The van der Waals surface area contributed by atoms with Crippen molar-refractivity contribution < 1.29 is 13.2 Å². The summed E-state index contributed by atoms with van der Waals surface area (Å²) in [6, 6.07) is 1.13. The largest absolute Gasteiger partial charge is 0.393 e. The Morgan fingerprint density at radius 2 is 1.81 bits per heavy atom. The van der Waals surface area contributed by atoms with Crippen LogP contribution in [0.3, 0.4) is 0 Å². The van der Waals surface area contributed by atoms with E-state index < -0.39 is 18.1 Å². The lowest BCUT2D eigenvalue weighted by molar-refractivity contribution is -0.177. The Balaban J connectivity index is 1.98. The van der Waals surface area contributed by atoms with Gasteiger partial charge in [0.05, 0.1) is 11.6 Å². The molecular formula is C13H14F3N5. The first-order chi connectivity index (χ1) is 9.95. The smallest absolute Gasteiger partial charge is 0.367 e. The van der Waals surface area contributed by atoms with Crippen LogP contribution in [0, 0.1) is 5.92 Å². The number of nitrogens with zero attached hydrogens (tertiary/aromatic N) is 4. The van der Waals surface area contributed by atoms with Gasteiger partial charge in [-0.05, 0) is 12.5 Å². The summed E-state index contributed by atoms with van der Waals surface area (Å²) < 4.78 is 39.0. The lowest BCUT2D eigenvalue weighted by atomic mass is 9.93. The normalized spacial score (nSPS) is 23.5. The van der Waals surface area contributed by atoms with E-state index in [1.54, 1.807) is 11.0 Å². The second kappa shape index (κ2) is 5.10. The van der Waals surface area contributed by atoms with E-state index >= 15 is 0 Å². The van der Waals surface area contributed by atoms with Crippen molar-refractivity contribution in [3.8, 4) is 0 Å². The number of fused-ring (bicyclic) bond motifs is 1. The predicted octanol–water partition coefficient (Wildman–Crippen LogP) is 1.74.